The Kier molecular flexibility index (Phi) is 10.1. The number of hydrogen-bond donors (Lipinski definition) is 2. The molecule has 1 fully saturated rings. The zero-order chi connectivity index (χ0) is 37.0. The zero-order valence-electron chi connectivity index (χ0n) is 30.5. The summed E-state index contributed by atoms with van der Waals surface area (Å²) in [6.07, 6.45) is 16.5. The Morgan fingerprint density at radius 3 is 1.75 bits per heavy atom. The van der Waals surface area contributed by atoms with Crippen molar-refractivity contribution in [2.45, 2.75) is 31.5 Å². The Bertz CT molecular complexity index is 2280. The van der Waals surface area contributed by atoms with Gasteiger partial charge in [0.05, 0.1) is 5.60 Å². The molecule has 262 valence electrons. The molecular weight excluding hydrogens is 645 g/mol. The lowest BCUT2D eigenvalue weighted by atomic mass is 9.53. The summed E-state index contributed by atoms with van der Waals surface area (Å²) in [4.78, 5) is 0. The van der Waals surface area contributed by atoms with E-state index in [1.165, 1.54) is 16.7 Å². The smallest absolute Gasteiger partial charge is 0.122 e. The normalized spacial score (nSPS) is 22.9. The molecule has 5 aromatic rings. The highest BCUT2D eigenvalue weighted by Gasteiger charge is 2.58. The Hall–Kier alpha value is -5.80. The molecule has 0 heterocycles. The maximum Gasteiger partial charge on any atom is 0.122 e. The Labute approximate surface area is 314 Å². The number of benzene rings is 5. The molecule has 2 nitrogen and oxygen atoms in total. The van der Waals surface area contributed by atoms with Gasteiger partial charge < -0.3 is 10.2 Å². The van der Waals surface area contributed by atoms with Crippen LogP contribution in [-0.2, 0) is 5.60 Å². The topological polar surface area (TPSA) is 40.5 Å². The average molecular weight is 691 g/mol. The molecule has 0 aromatic heterocycles. The number of allylic oxidation sites excluding steroid dienone is 8. The Balaban J connectivity index is 0.000000281. The molecule has 3 aliphatic carbocycles. The highest BCUT2D eigenvalue weighted by Crippen LogP contribution is 2.59. The van der Waals surface area contributed by atoms with Crippen LogP contribution < -0.4 is 0 Å². The highest BCUT2D eigenvalue weighted by atomic mass is 16.3. The molecule has 0 bridgehead atoms. The lowest BCUT2D eigenvalue weighted by Crippen LogP contribution is -2.56. The number of aliphatic hydroxyl groups is 2. The second-order valence-corrected chi connectivity index (χ2v) is 14.2. The number of hydrogen-bond acceptors (Lipinski definition) is 2. The largest absolute Gasteiger partial charge is 0.385 e. The van der Waals surface area contributed by atoms with E-state index in [4.69, 9.17) is 0 Å². The van der Waals surface area contributed by atoms with Crippen molar-refractivity contribution in [3.63, 3.8) is 0 Å². The molecule has 0 amide bonds. The van der Waals surface area contributed by atoms with Gasteiger partial charge in [0.15, 0.2) is 0 Å². The first-order chi connectivity index (χ1) is 25.8. The van der Waals surface area contributed by atoms with Crippen LogP contribution >= 0.6 is 0 Å². The van der Waals surface area contributed by atoms with Crippen LogP contribution in [0, 0.1) is 18.8 Å². The van der Waals surface area contributed by atoms with E-state index in [0.29, 0.717) is 6.42 Å². The van der Waals surface area contributed by atoms with Gasteiger partial charge in [-0.25, -0.2) is 0 Å². The second kappa shape index (κ2) is 15.0. The van der Waals surface area contributed by atoms with E-state index in [0.717, 1.165) is 50.1 Å². The van der Waals surface area contributed by atoms with E-state index in [1.807, 2.05) is 67.6 Å². The van der Waals surface area contributed by atoms with Crippen LogP contribution in [0.2, 0.25) is 0 Å². The monoisotopic (exact) mass is 690 g/mol. The van der Waals surface area contributed by atoms with Gasteiger partial charge in [-0.05, 0) is 93.1 Å². The molecule has 2 heteroatoms. The van der Waals surface area contributed by atoms with Crippen LogP contribution in [-0.4, -0.2) is 15.8 Å². The molecule has 0 radical (unpaired) electrons. The quantitative estimate of drug-likeness (QED) is 0.186. The summed E-state index contributed by atoms with van der Waals surface area (Å²) in [6, 6.07) is 45.8. The van der Waals surface area contributed by atoms with Gasteiger partial charge in [-0.2, -0.15) is 0 Å². The standard InChI is InChI=1S/C38H34O2.C13H12/c1-4-26-24-35-36(25-27(26)5-2)38(40,34-20-14-8-13-19-33(34)37(35,3)39)32-22-21-30(28-15-9-6-10-16-28)23-31(32)29-17-11-7-12-18-29;1-11-7-5-6-10-13(11)12-8-3-2-4-9-12/h4-13,15-25,35-36,39-40H,1-2,14H2,3H3;2-10H,1H3. The van der Waals surface area contributed by atoms with Crippen LogP contribution in [0.15, 0.2) is 218 Å². The van der Waals surface area contributed by atoms with Gasteiger partial charge >= 0.3 is 0 Å². The van der Waals surface area contributed by atoms with Crippen molar-refractivity contribution in [3.05, 3.63) is 229 Å². The van der Waals surface area contributed by atoms with Crippen molar-refractivity contribution in [1.29, 1.82) is 0 Å². The molecule has 1 saturated carbocycles. The molecule has 4 unspecified atom stereocenters. The summed E-state index contributed by atoms with van der Waals surface area (Å²) in [7, 11) is 0. The van der Waals surface area contributed by atoms with Gasteiger partial charge in [-0.15, -0.1) is 0 Å². The molecule has 3 aliphatic rings. The van der Waals surface area contributed by atoms with Gasteiger partial charge in [0.1, 0.15) is 5.60 Å². The van der Waals surface area contributed by atoms with Crippen molar-refractivity contribution in [2.24, 2.45) is 11.8 Å². The van der Waals surface area contributed by atoms with E-state index < -0.39 is 17.1 Å². The van der Waals surface area contributed by atoms with E-state index in [1.54, 1.807) is 6.08 Å². The first-order valence-corrected chi connectivity index (χ1v) is 18.4. The second-order valence-electron chi connectivity index (χ2n) is 14.2. The molecule has 53 heavy (non-hydrogen) atoms. The van der Waals surface area contributed by atoms with Crippen LogP contribution in [0.1, 0.15) is 24.5 Å². The zero-order valence-corrected chi connectivity index (χ0v) is 30.5. The molecular formula is C51H46O2. The van der Waals surface area contributed by atoms with Crippen molar-refractivity contribution in [2.75, 3.05) is 0 Å². The predicted molar refractivity (Wildman–Crippen MR) is 222 cm³/mol. The molecule has 2 N–H and O–H groups in total. The summed E-state index contributed by atoms with van der Waals surface area (Å²) >= 11 is 0. The summed E-state index contributed by atoms with van der Waals surface area (Å²) in [5.74, 6) is -0.827. The summed E-state index contributed by atoms with van der Waals surface area (Å²) < 4.78 is 0. The molecule has 8 rings (SSSR count). The van der Waals surface area contributed by atoms with E-state index in [2.05, 4.69) is 135 Å². The maximum atomic E-state index is 13.3. The summed E-state index contributed by atoms with van der Waals surface area (Å²) in [6.45, 7) is 12.1. The van der Waals surface area contributed by atoms with E-state index >= 15 is 0 Å². The maximum absolute atomic E-state index is 13.3. The summed E-state index contributed by atoms with van der Waals surface area (Å²) in [5.41, 5.74) is 9.66. The number of aryl methyl sites for hydroxylation is 1. The average Bonchev–Trinajstić information content (AvgIpc) is 3.49. The molecule has 5 aromatic carbocycles. The third kappa shape index (κ3) is 6.68. The van der Waals surface area contributed by atoms with Crippen LogP contribution in [0.3, 0.4) is 0 Å². The molecule has 4 atom stereocenters. The minimum absolute atomic E-state index is 0.387. The molecule has 0 spiro atoms. The minimum atomic E-state index is -1.41. The van der Waals surface area contributed by atoms with Crippen molar-refractivity contribution in [1.82, 2.24) is 0 Å². The first kappa shape index (κ1) is 35.6. The van der Waals surface area contributed by atoms with Crippen LogP contribution in [0.5, 0.6) is 0 Å². The Morgan fingerprint density at radius 1 is 0.604 bits per heavy atom. The van der Waals surface area contributed by atoms with Crippen LogP contribution in [0.25, 0.3) is 33.4 Å². The van der Waals surface area contributed by atoms with Gasteiger partial charge in [0.2, 0.25) is 0 Å². The lowest BCUT2D eigenvalue weighted by molar-refractivity contribution is -0.0660. The van der Waals surface area contributed by atoms with Gasteiger partial charge in [-0.1, -0.05) is 189 Å². The van der Waals surface area contributed by atoms with E-state index in [-0.39, 0.29) is 5.92 Å². The van der Waals surface area contributed by atoms with Crippen molar-refractivity contribution >= 4 is 0 Å². The fraction of sp³-hybridized carbons (Fsp3) is 0.137. The van der Waals surface area contributed by atoms with E-state index in [9.17, 15) is 10.2 Å². The van der Waals surface area contributed by atoms with Crippen molar-refractivity contribution in [3.8, 4) is 33.4 Å². The minimum Gasteiger partial charge on any atom is -0.385 e. The number of fused-ring (bicyclic) bond motifs is 2. The van der Waals surface area contributed by atoms with Gasteiger partial charge in [-0.3, -0.25) is 0 Å². The number of rotatable bonds is 6. The van der Waals surface area contributed by atoms with Crippen LogP contribution in [0.4, 0.5) is 0 Å². The fourth-order valence-corrected chi connectivity index (χ4v) is 8.22. The van der Waals surface area contributed by atoms with Crippen molar-refractivity contribution < 1.29 is 10.2 Å². The van der Waals surface area contributed by atoms with Gasteiger partial charge in [0, 0.05) is 11.8 Å². The summed E-state index contributed by atoms with van der Waals surface area (Å²) in [5, 5.41) is 25.4. The third-order valence-corrected chi connectivity index (χ3v) is 11.0. The fourth-order valence-electron chi connectivity index (χ4n) is 8.22. The third-order valence-electron chi connectivity index (χ3n) is 11.0. The Morgan fingerprint density at radius 2 is 1.15 bits per heavy atom. The predicted octanol–water partition coefficient (Wildman–Crippen LogP) is 11.9. The first-order valence-electron chi connectivity index (χ1n) is 18.4. The lowest BCUT2D eigenvalue weighted by Gasteiger charge is -2.54. The molecule has 0 aliphatic heterocycles. The highest BCUT2D eigenvalue weighted by molar-refractivity contribution is 5.78. The van der Waals surface area contributed by atoms with Gasteiger partial charge in [0.25, 0.3) is 0 Å². The SMILES string of the molecule is C=CC1=CC2C(C=C1C=C)C(O)(c1ccc(-c3ccccc3)cc1-c1ccccc1)C1=CCC=CC=C1C2(C)O.Cc1ccccc1-c1ccccc1. The molecule has 0 saturated heterocycles.